The van der Waals surface area contributed by atoms with Crippen LogP contribution in [0.15, 0.2) is 36.4 Å². The molecule has 0 aliphatic carbocycles. The maximum absolute atomic E-state index is 13.6. The third-order valence-corrected chi connectivity index (χ3v) is 4.48. The smallest absolute Gasteiger partial charge is 0.241 e. The lowest BCUT2D eigenvalue weighted by Gasteiger charge is -2.23. The van der Waals surface area contributed by atoms with Crippen molar-refractivity contribution in [3.8, 4) is 0 Å². The van der Waals surface area contributed by atoms with Crippen LogP contribution in [-0.2, 0) is 9.59 Å². The molecule has 0 aliphatic rings. The topological polar surface area (TPSA) is 61.4 Å². The van der Waals surface area contributed by atoms with Crippen molar-refractivity contribution in [3.63, 3.8) is 0 Å². The third-order valence-electron chi connectivity index (χ3n) is 3.85. The minimum Gasteiger partial charge on any atom is -0.322 e. The molecule has 27 heavy (non-hydrogen) atoms. The molecular weight excluding hydrogens is 399 g/mol. The number of hydrogen-bond donors (Lipinski definition) is 2. The van der Waals surface area contributed by atoms with Crippen molar-refractivity contribution in [1.29, 1.82) is 0 Å². The van der Waals surface area contributed by atoms with Crippen LogP contribution >= 0.6 is 23.2 Å². The van der Waals surface area contributed by atoms with Crippen LogP contribution in [0.5, 0.6) is 0 Å². The standard InChI is InChI=1S/C18H17Cl2F2N3O2/c1-10(18(27)23-15-8-11(21)6-7-14(15)22)25(2)9-16(26)24-17-12(19)4-3-5-13(17)20/h3-8,10H,9H2,1-2H3,(H,23,27)(H,24,26). The number of halogens is 4. The normalized spacial score (nSPS) is 12.0. The number of rotatable bonds is 6. The molecule has 2 aromatic rings. The summed E-state index contributed by atoms with van der Waals surface area (Å²) < 4.78 is 26.8. The summed E-state index contributed by atoms with van der Waals surface area (Å²) in [6, 6.07) is 6.76. The van der Waals surface area contributed by atoms with Gasteiger partial charge in [-0.15, -0.1) is 0 Å². The number of para-hydroxylation sites is 1. The molecular formula is C18H17Cl2F2N3O2. The predicted molar refractivity (Wildman–Crippen MR) is 102 cm³/mol. The zero-order valence-electron chi connectivity index (χ0n) is 14.5. The van der Waals surface area contributed by atoms with E-state index in [-0.39, 0.29) is 28.0 Å². The van der Waals surface area contributed by atoms with Gasteiger partial charge < -0.3 is 10.6 Å². The first-order valence-corrected chi connectivity index (χ1v) is 8.64. The number of nitrogens with one attached hydrogen (secondary N) is 2. The second-order valence-electron chi connectivity index (χ2n) is 5.85. The molecule has 0 spiro atoms. The van der Waals surface area contributed by atoms with Crippen molar-refractivity contribution in [3.05, 3.63) is 58.1 Å². The summed E-state index contributed by atoms with van der Waals surface area (Å²) in [5, 5.41) is 5.45. The summed E-state index contributed by atoms with van der Waals surface area (Å²) in [4.78, 5) is 25.9. The summed E-state index contributed by atoms with van der Waals surface area (Å²) >= 11 is 12.0. The zero-order valence-corrected chi connectivity index (χ0v) is 16.0. The van der Waals surface area contributed by atoms with Gasteiger partial charge in [-0.1, -0.05) is 29.3 Å². The fourth-order valence-corrected chi connectivity index (χ4v) is 2.68. The van der Waals surface area contributed by atoms with Crippen molar-refractivity contribution in [2.24, 2.45) is 0 Å². The second-order valence-corrected chi connectivity index (χ2v) is 6.66. The lowest BCUT2D eigenvalue weighted by Crippen LogP contribution is -2.43. The van der Waals surface area contributed by atoms with Gasteiger partial charge in [-0.05, 0) is 38.2 Å². The van der Waals surface area contributed by atoms with Gasteiger partial charge in [0.05, 0.1) is 34.0 Å². The number of nitrogens with zero attached hydrogens (tertiary/aromatic N) is 1. The molecule has 1 unspecified atom stereocenters. The van der Waals surface area contributed by atoms with Crippen LogP contribution < -0.4 is 10.6 Å². The van der Waals surface area contributed by atoms with E-state index < -0.39 is 29.5 Å². The van der Waals surface area contributed by atoms with Crippen LogP contribution in [-0.4, -0.2) is 36.3 Å². The van der Waals surface area contributed by atoms with Crippen molar-refractivity contribution < 1.29 is 18.4 Å². The maximum Gasteiger partial charge on any atom is 0.241 e. The largest absolute Gasteiger partial charge is 0.322 e. The Hall–Kier alpha value is -2.22. The van der Waals surface area contributed by atoms with Gasteiger partial charge in [-0.2, -0.15) is 0 Å². The van der Waals surface area contributed by atoms with Gasteiger partial charge in [-0.3, -0.25) is 14.5 Å². The Morgan fingerprint density at radius 2 is 1.74 bits per heavy atom. The maximum atomic E-state index is 13.6. The molecule has 9 heteroatoms. The van der Waals surface area contributed by atoms with Gasteiger partial charge in [0.15, 0.2) is 0 Å². The van der Waals surface area contributed by atoms with Gasteiger partial charge in [0.1, 0.15) is 11.6 Å². The van der Waals surface area contributed by atoms with E-state index in [1.165, 1.54) is 11.8 Å². The van der Waals surface area contributed by atoms with Crippen LogP contribution in [0, 0.1) is 11.6 Å². The van der Waals surface area contributed by atoms with E-state index in [2.05, 4.69) is 10.6 Å². The number of benzene rings is 2. The van der Waals surface area contributed by atoms with Gasteiger partial charge in [0.2, 0.25) is 11.8 Å². The summed E-state index contributed by atoms with van der Waals surface area (Å²) in [5.74, 6) is -2.47. The molecule has 0 aromatic heterocycles. The Balaban J connectivity index is 1.98. The number of amides is 2. The zero-order chi connectivity index (χ0) is 20.1. The molecule has 144 valence electrons. The molecule has 0 bridgehead atoms. The predicted octanol–water partition coefficient (Wildman–Crippen LogP) is 4.17. The van der Waals surface area contributed by atoms with E-state index in [1.54, 1.807) is 25.2 Å². The van der Waals surface area contributed by atoms with Gasteiger partial charge in [0, 0.05) is 6.07 Å². The molecule has 2 amide bonds. The van der Waals surface area contributed by atoms with E-state index in [0.29, 0.717) is 0 Å². The lowest BCUT2D eigenvalue weighted by molar-refractivity contribution is -0.122. The molecule has 2 N–H and O–H groups in total. The van der Waals surface area contributed by atoms with E-state index in [9.17, 15) is 18.4 Å². The Kier molecular flexibility index (Phi) is 7.12. The lowest BCUT2D eigenvalue weighted by atomic mass is 10.2. The first kappa shape index (κ1) is 21.1. The second kappa shape index (κ2) is 9.12. The van der Waals surface area contributed by atoms with Gasteiger partial charge in [-0.25, -0.2) is 8.78 Å². The van der Waals surface area contributed by atoms with Crippen molar-refractivity contribution in [1.82, 2.24) is 4.90 Å². The van der Waals surface area contributed by atoms with Gasteiger partial charge >= 0.3 is 0 Å². The molecule has 1 atom stereocenters. The highest BCUT2D eigenvalue weighted by atomic mass is 35.5. The molecule has 2 rings (SSSR count). The summed E-state index contributed by atoms with van der Waals surface area (Å²) in [7, 11) is 1.54. The Morgan fingerprint density at radius 1 is 1.11 bits per heavy atom. The highest BCUT2D eigenvalue weighted by Crippen LogP contribution is 2.29. The minimum atomic E-state index is -0.792. The van der Waals surface area contributed by atoms with Crippen molar-refractivity contribution in [2.45, 2.75) is 13.0 Å². The molecule has 0 heterocycles. The van der Waals surface area contributed by atoms with Crippen LogP contribution in [0.25, 0.3) is 0 Å². The fraction of sp³-hybridized carbons (Fsp3) is 0.222. The van der Waals surface area contributed by atoms with Crippen molar-refractivity contribution in [2.75, 3.05) is 24.2 Å². The van der Waals surface area contributed by atoms with Crippen LogP contribution in [0.1, 0.15) is 6.92 Å². The molecule has 2 aromatic carbocycles. The van der Waals surface area contributed by atoms with Crippen LogP contribution in [0.2, 0.25) is 10.0 Å². The molecule has 0 saturated carbocycles. The number of carbonyl (C=O) groups excluding carboxylic acids is 2. The van der Waals surface area contributed by atoms with Crippen LogP contribution in [0.4, 0.5) is 20.2 Å². The number of likely N-dealkylation sites (N-methyl/N-ethyl adjacent to an activating group) is 1. The van der Waals surface area contributed by atoms with Crippen LogP contribution in [0.3, 0.4) is 0 Å². The number of carbonyl (C=O) groups is 2. The average Bonchev–Trinajstić information content (AvgIpc) is 2.60. The Bertz CT molecular complexity index is 844. The molecule has 0 radical (unpaired) electrons. The van der Waals surface area contributed by atoms with E-state index in [0.717, 1.165) is 18.2 Å². The van der Waals surface area contributed by atoms with E-state index in [4.69, 9.17) is 23.2 Å². The highest BCUT2D eigenvalue weighted by molar-refractivity contribution is 6.39. The minimum absolute atomic E-state index is 0.151. The molecule has 0 saturated heterocycles. The average molecular weight is 416 g/mol. The van der Waals surface area contributed by atoms with Gasteiger partial charge in [0.25, 0.3) is 0 Å². The number of hydrogen-bond acceptors (Lipinski definition) is 3. The fourth-order valence-electron chi connectivity index (χ4n) is 2.19. The SMILES string of the molecule is CC(C(=O)Nc1cc(F)ccc1F)N(C)CC(=O)Nc1c(Cl)cccc1Cl. The molecule has 0 fully saturated rings. The summed E-state index contributed by atoms with van der Waals surface area (Å²) in [6.45, 7) is 1.38. The highest BCUT2D eigenvalue weighted by Gasteiger charge is 2.22. The third kappa shape index (κ3) is 5.63. The Morgan fingerprint density at radius 3 is 2.37 bits per heavy atom. The summed E-state index contributed by atoms with van der Waals surface area (Å²) in [5.41, 5.74) is 0.00530. The molecule has 5 nitrogen and oxygen atoms in total. The first-order chi connectivity index (χ1) is 12.7. The van der Waals surface area contributed by atoms with E-state index in [1.807, 2.05) is 0 Å². The number of anilines is 2. The Labute approximate surface area is 165 Å². The summed E-state index contributed by atoms with van der Waals surface area (Å²) in [6.07, 6.45) is 0. The first-order valence-electron chi connectivity index (χ1n) is 7.89. The van der Waals surface area contributed by atoms with Crippen molar-refractivity contribution >= 4 is 46.4 Å². The van der Waals surface area contributed by atoms with E-state index >= 15 is 0 Å². The quantitative estimate of drug-likeness (QED) is 0.743. The molecule has 0 aliphatic heterocycles. The monoisotopic (exact) mass is 415 g/mol.